The van der Waals surface area contributed by atoms with Gasteiger partial charge in [0.05, 0.1) is 5.75 Å². The van der Waals surface area contributed by atoms with E-state index >= 15 is 0 Å². The first-order valence-electron chi connectivity index (χ1n) is 6.51. The second-order valence-corrected chi connectivity index (χ2v) is 5.59. The van der Waals surface area contributed by atoms with E-state index in [1.165, 1.54) is 23.9 Å². The Bertz CT molecular complexity index is 560. The van der Waals surface area contributed by atoms with Gasteiger partial charge in [-0.05, 0) is 36.3 Å². The minimum atomic E-state index is -1.18. The number of aromatic carboxylic acids is 1. The molecule has 0 aliphatic carbocycles. The molecule has 0 heterocycles. The zero-order chi connectivity index (χ0) is 16.5. The molecule has 8 heteroatoms. The number of benzene rings is 1. The van der Waals surface area contributed by atoms with E-state index in [9.17, 15) is 19.5 Å². The van der Waals surface area contributed by atoms with E-state index < -0.39 is 11.9 Å². The lowest BCUT2D eigenvalue weighted by molar-refractivity contribution is -0.137. The quantitative estimate of drug-likeness (QED) is 0.498. The zero-order valence-electron chi connectivity index (χ0n) is 11.7. The smallest absolute Gasteiger partial charge is 0.339 e. The van der Waals surface area contributed by atoms with E-state index in [1.54, 1.807) is 6.07 Å². The molecule has 0 atom stereocenters. The number of hydrogen-bond donors (Lipinski definition) is 4. The summed E-state index contributed by atoms with van der Waals surface area (Å²) in [6.45, 7) is -0.384. The Labute approximate surface area is 131 Å². The number of phenols is 1. The van der Waals surface area contributed by atoms with Gasteiger partial charge in [0, 0.05) is 0 Å². The zero-order valence-corrected chi connectivity index (χ0v) is 12.6. The molecule has 0 saturated carbocycles. The molecule has 0 spiro atoms. The number of carboxylic acid groups (broad SMARTS) is 2. The van der Waals surface area contributed by atoms with E-state index in [4.69, 9.17) is 10.2 Å². The monoisotopic (exact) mass is 327 g/mol. The van der Waals surface area contributed by atoms with Gasteiger partial charge in [-0.2, -0.15) is 11.8 Å². The van der Waals surface area contributed by atoms with E-state index in [0.29, 0.717) is 12.2 Å². The maximum absolute atomic E-state index is 11.2. The van der Waals surface area contributed by atoms with Crippen LogP contribution < -0.4 is 5.32 Å². The number of rotatable bonds is 9. The molecule has 0 bridgehead atoms. The summed E-state index contributed by atoms with van der Waals surface area (Å²) in [4.78, 5) is 32.4. The lowest BCUT2D eigenvalue weighted by Crippen LogP contribution is -2.30. The van der Waals surface area contributed by atoms with E-state index in [2.05, 4.69) is 5.32 Å². The summed E-state index contributed by atoms with van der Waals surface area (Å²) in [5.41, 5.74) is 0.671. The molecule has 0 unspecified atom stereocenters. The van der Waals surface area contributed by atoms with Crippen molar-refractivity contribution in [2.45, 2.75) is 12.8 Å². The summed E-state index contributed by atoms with van der Waals surface area (Å²) in [6, 6.07) is 4.44. The van der Waals surface area contributed by atoms with Crippen LogP contribution in [0, 0.1) is 0 Å². The van der Waals surface area contributed by atoms with Gasteiger partial charge in [-0.15, -0.1) is 0 Å². The maximum Gasteiger partial charge on any atom is 0.339 e. The lowest BCUT2D eigenvalue weighted by atomic mass is 10.1. The molecular weight excluding hydrogens is 310 g/mol. The van der Waals surface area contributed by atoms with E-state index in [-0.39, 0.29) is 29.5 Å². The number of carboxylic acids is 2. The molecule has 1 amide bonds. The van der Waals surface area contributed by atoms with E-state index in [0.717, 1.165) is 12.0 Å². The first-order valence-corrected chi connectivity index (χ1v) is 7.67. The molecule has 120 valence electrons. The molecule has 1 aromatic carbocycles. The fourth-order valence-electron chi connectivity index (χ4n) is 1.68. The average molecular weight is 327 g/mol. The first kappa shape index (κ1) is 17.8. The highest BCUT2D eigenvalue weighted by molar-refractivity contribution is 7.99. The number of aliphatic carboxylic acids is 1. The third-order valence-electron chi connectivity index (χ3n) is 2.72. The SMILES string of the molecule is O=C(O)CNC(=O)CSCCCc1ccc(O)c(C(=O)O)c1. The van der Waals surface area contributed by atoms with Crippen molar-refractivity contribution in [1.82, 2.24) is 5.32 Å². The predicted octanol–water partition coefficient (Wildman–Crippen LogP) is 0.957. The van der Waals surface area contributed by atoms with Gasteiger partial charge in [0.1, 0.15) is 17.9 Å². The number of amides is 1. The van der Waals surface area contributed by atoms with Crippen LogP contribution in [0.4, 0.5) is 0 Å². The van der Waals surface area contributed by atoms with Crippen LogP contribution in [0.15, 0.2) is 18.2 Å². The van der Waals surface area contributed by atoms with Crippen LogP contribution in [0.3, 0.4) is 0 Å². The van der Waals surface area contributed by atoms with Crippen LogP contribution in [0.5, 0.6) is 5.75 Å². The van der Waals surface area contributed by atoms with Crippen molar-refractivity contribution < 1.29 is 29.7 Å². The fourth-order valence-corrected chi connectivity index (χ4v) is 2.46. The standard InChI is InChI=1S/C14H17NO6S/c16-11-4-3-9(6-10(11)14(20)21)2-1-5-22-8-12(17)15-7-13(18)19/h3-4,6,16H,1-2,5,7-8H2,(H,15,17)(H,18,19)(H,20,21). The average Bonchev–Trinajstić information content (AvgIpc) is 2.46. The predicted molar refractivity (Wildman–Crippen MR) is 81.4 cm³/mol. The number of aromatic hydroxyl groups is 1. The highest BCUT2D eigenvalue weighted by atomic mass is 32.2. The van der Waals surface area contributed by atoms with Crippen LogP contribution in [0.2, 0.25) is 0 Å². The normalized spacial score (nSPS) is 10.2. The summed E-state index contributed by atoms with van der Waals surface area (Å²) in [5, 5.41) is 29.0. The minimum Gasteiger partial charge on any atom is -0.507 e. The summed E-state index contributed by atoms with van der Waals surface area (Å²) in [7, 11) is 0. The van der Waals surface area contributed by atoms with Crippen molar-refractivity contribution in [3.8, 4) is 5.75 Å². The van der Waals surface area contributed by atoms with Gasteiger partial charge in [0.15, 0.2) is 0 Å². The minimum absolute atomic E-state index is 0.127. The van der Waals surface area contributed by atoms with Gasteiger partial charge in [-0.25, -0.2) is 4.79 Å². The van der Waals surface area contributed by atoms with Crippen molar-refractivity contribution >= 4 is 29.6 Å². The van der Waals surface area contributed by atoms with Crippen molar-refractivity contribution in [1.29, 1.82) is 0 Å². The van der Waals surface area contributed by atoms with Gasteiger partial charge in [-0.3, -0.25) is 9.59 Å². The van der Waals surface area contributed by atoms with Gasteiger partial charge in [0.25, 0.3) is 0 Å². The summed E-state index contributed by atoms with van der Waals surface area (Å²) in [6.07, 6.45) is 1.37. The van der Waals surface area contributed by atoms with Crippen LogP contribution in [-0.2, 0) is 16.0 Å². The third kappa shape index (κ3) is 6.49. The highest BCUT2D eigenvalue weighted by Crippen LogP contribution is 2.19. The van der Waals surface area contributed by atoms with Crippen LogP contribution in [-0.4, -0.2) is 51.2 Å². The Morgan fingerprint density at radius 1 is 1.18 bits per heavy atom. The Balaban J connectivity index is 2.28. The maximum atomic E-state index is 11.2. The summed E-state index contributed by atoms with van der Waals surface area (Å²) < 4.78 is 0. The second-order valence-electron chi connectivity index (χ2n) is 4.48. The first-order chi connectivity index (χ1) is 10.4. The van der Waals surface area contributed by atoms with Crippen LogP contribution in [0.1, 0.15) is 22.3 Å². The van der Waals surface area contributed by atoms with Gasteiger partial charge in [-0.1, -0.05) is 6.07 Å². The van der Waals surface area contributed by atoms with Crippen molar-refractivity contribution in [2.24, 2.45) is 0 Å². The largest absolute Gasteiger partial charge is 0.507 e. The Morgan fingerprint density at radius 2 is 1.91 bits per heavy atom. The number of thioether (sulfide) groups is 1. The van der Waals surface area contributed by atoms with Gasteiger partial charge in [0.2, 0.25) is 5.91 Å². The van der Waals surface area contributed by atoms with Crippen molar-refractivity contribution in [3.63, 3.8) is 0 Å². The molecule has 7 nitrogen and oxygen atoms in total. The number of aryl methyl sites for hydroxylation is 1. The van der Waals surface area contributed by atoms with Crippen molar-refractivity contribution in [3.05, 3.63) is 29.3 Å². The second kappa shape index (κ2) is 8.93. The Kier molecular flexibility index (Phi) is 7.24. The molecular formula is C14H17NO6S. The van der Waals surface area contributed by atoms with E-state index in [1.807, 2.05) is 0 Å². The number of carbonyl (C=O) groups is 3. The highest BCUT2D eigenvalue weighted by Gasteiger charge is 2.10. The number of hydrogen-bond acceptors (Lipinski definition) is 5. The topological polar surface area (TPSA) is 124 Å². The van der Waals surface area contributed by atoms with Crippen molar-refractivity contribution in [2.75, 3.05) is 18.1 Å². The summed E-state index contributed by atoms with van der Waals surface area (Å²) >= 11 is 1.38. The third-order valence-corrected chi connectivity index (χ3v) is 3.76. The molecule has 1 aromatic rings. The molecule has 0 aromatic heterocycles. The number of carbonyl (C=O) groups excluding carboxylic acids is 1. The Hall–Kier alpha value is -2.22. The molecule has 1 rings (SSSR count). The number of nitrogens with one attached hydrogen (secondary N) is 1. The van der Waals surface area contributed by atoms with Crippen LogP contribution >= 0.6 is 11.8 Å². The van der Waals surface area contributed by atoms with Gasteiger partial charge >= 0.3 is 11.9 Å². The lowest BCUT2D eigenvalue weighted by Gasteiger charge is -2.05. The molecule has 4 N–H and O–H groups in total. The molecule has 0 saturated heterocycles. The Morgan fingerprint density at radius 3 is 2.55 bits per heavy atom. The fraction of sp³-hybridized carbons (Fsp3) is 0.357. The molecule has 0 aliphatic heterocycles. The summed E-state index contributed by atoms with van der Waals surface area (Å²) in [5.74, 6) is -1.98. The molecule has 22 heavy (non-hydrogen) atoms. The van der Waals surface area contributed by atoms with Crippen LogP contribution in [0.25, 0.3) is 0 Å². The molecule has 0 aliphatic rings. The molecule has 0 fully saturated rings. The molecule has 0 radical (unpaired) electrons. The van der Waals surface area contributed by atoms with Gasteiger partial charge < -0.3 is 20.6 Å².